The molecule has 0 atom stereocenters. The summed E-state index contributed by atoms with van der Waals surface area (Å²) >= 11 is 0. The Balaban J connectivity index is 1.85. The second-order valence-electron chi connectivity index (χ2n) is 6.58. The maximum Gasteiger partial charge on any atom is 0.269 e. The van der Waals surface area contributed by atoms with Crippen molar-refractivity contribution in [3.8, 4) is 5.69 Å². The SMILES string of the molecule is O=c1c2ccccc2nc(/C=C\c2ccc([N+](=O)[O-])cc2)n1-c1ccc([N+](=O)[O-])cc1. The van der Waals surface area contributed by atoms with Gasteiger partial charge in [0.05, 0.1) is 26.4 Å². The molecule has 0 bridgehead atoms. The van der Waals surface area contributed by atoms with Crippen LogP contribution in [0.2, 0.25) is 0 Å². The third-order valence-electron chi connectivity index (χ3n) is 4.65. The van der Waals surface area contributed by atoms with Gasteiger partial charge in [-0.05, 0) is 48.0 Å². The van der Waals surface area contributed by atoms with Gasteiger partial charge in [0.2, 0.25) is 0 Å². The minimum atomic E-state index is -0.513. The van der Waals surface area contributed by atoms with Gasteiger partial charge in [0.25, 0.3) is 16.9 Å². The number of aromatic nitrogens is 2. The first-order valence-corrected chi connectivity index (χ1v) is 9.13. The molecule has 0 unspecified atom stereocenters. The zero-order chi connectivity index (χ0) is 22.0. The number of nitrogens with zero attached hydrogens (tertiary/aromatic N) is 4. The number of fused-ring (bicyclic) bond motifs is 1. The van der Waals surface area contributed by atoms with E-state index in [1.54, 1.807) is 48.6 Å². The van der Waals surface area contributed by atoms with Crippen molar-refractivity contribution < 1.29 is 9.85 Å². The van der Waals surface area contributed by atoms with Crippen molar-refractivity contribution in [2.24, 2.45) is 0 Å². The quantitative estimate of drug-likeness (QED) is 0.353. The molecule has 152 valence electrons. The van der Waals surface area contributed by atoms with E-state index in [9.17, 15) is 25.0 Å². The van der Waals surface area contributed by atoms with Gasteiger partial charge >= 0.3 is 0 Å². The second kappa shape index (κ2) is 7.99. The first-order valence-electron chi connectivity index (χ1n) is 9.13. The number of non-ortho nitro benzene ring substituents is 2. The van der Waals surface area contributed by atoms with Gasteiger partial charge in [-0.3, -0.25) is 29.6 Å². The van der Waals surface area contributed by atoms with Crippen LogP contribution in [0.5, 0.6) is 0 Å². The number of nitro groups is 2. The third-order valence-corrected chi connectivity index (χ3v) is 4.65. The molecule has 0 N–H and O–H groups in total. The molecular formula is C22H14N4O5. The van der Waals surface area contributed by atoms with E-state index in [1.165, 1.54) is 41.0 Å². The average molecular weight is 414 g/mol. The molecular weight excluding hydrogens is 400 g/mol. The van der Waals surface area contributed by atoms with Crippen molar-refractivity contribution in [1.82, 2.24) is 9.55 Å². The lowest BCUT2D eigenvalue weighted by atomic mass is 10.2. The third kappa shape index (κ3) is 3.92. The lowest BCUT2D eigenvalue weighted by Gasteiger charge is -2.11. The zero-order valence-corrected chi connectivity index (χ0v) is 15.9. The van der Waals surface area contributed by atoms with Gasteiger partial charge in [-0.15, -0.1) is 0 Å². The molecule has 0 saturated carbocycles. The number of hydrogen-bond donors (Lipinski definition) is 0. The summed E-state index contributed by atoms with van der Waals surface area (Å²) in [5.41, 5.74) is 1.19. The summed E-state index contributed by atoms with van der Waals surface area (Å²) < 4.78 is 1.37. The number of para-hydroxylation sites is 1. The van der Waals surface area contributed by atoms with Gasteiger partial charge in [-0.25, -0.2) is 4.98 Å². The molecule has 1 aromatic heterocycles. The van der Waals surface area contributed by atoms with E-state index in [4.69, 9.17) is 0 Å². The van der Waals surface area contributed by atoms with Crippen LogP contribution in [0.15, 0.2) is 77.6 Å². The van der Waals surface area contributed by atoms with E-state index >= 15 is 0 Å². The van der Waals surface area contributed by atoms with Gasteiger partial charge in [0.1, 0.15) is 5.82 Å². The van der Waals surface area contributed by atoms with Gasteiger partial charge in [0.15, 0.2) is 0 Å². The van der Waals surface area contributed by atoms with E-state index in [-0.39, 0.29) is 16.9 Å². The fraction of sp³-hybridized carbons (Fsp3) is 0. The molecule has 0 spiro atoms. The Hall–Kier alpha value is -4.66. The summed E-state index contributed by atoms with van der Waals surface area (Å²) in [4.78, 5) is 38.5. The van der Waals surface area contributed by atoms with Gasteiger partial charge < -0.3 is 0 Å². The average Bonchev–Trinajstić information content (AvgIpc) is 2.78. The molecule has 1 heterocycles. The highest BCUT2D eigenvalue weighted by atomic mass is 16.6. The molecule has 0 aliphatic rings. The normalized spacial score (nSPS) is 11.1. The fourth-order valence-electron chi connectivity index (χ4n) is 3.11. The molecule has 0 radical (unpaired) electrons. The smallest absolute Gasteiger partial charge is 0.268 e. The Morgan fingerprint density at radius 1 is 0.774 bits per heavy atom. The zero-order valence-electron chi connectivity index (χ0n) is 15.9. The molecule has 4 rings (SSSR count). The summed E-state index contributed by atoms with van der Waals surface area (Å²) in [5.74, 6) is 0.316. The highest BCUT2D eigenvalue weighted by molar-refractivity contribution is 5.80. The largest absolute Gasteiger partial charge is 0.269 e. The Morgan fingerprint density at radius 2 is 1.35 bits per heavy atom. The van der Waals surface area contributed by atoms with Crippen LogP contribution in [0.25, 0.3) is 28.7 Å². The first-order chi connectivity index (χ1) is 14.9. The van der Waals surface area contributed by atoms with Crippen LogP contribution in [0.1, 0.15) is 11.4 Å². The highest BCUT2D eigenvalue weighted by Crippen LogP contribution is 2.19. The topological polar surface area (TPSA) is 121 Å². The molecule has 3 aromatic carbocycles. The molecule has 9 heteroatoms. The Morgan fingerprint density at radius 3 is 1.97 bits per heavy atom. The number of nitro benzene ring substituents is 2. The Bertz CT molecular complexity index is 1390. The van der Waals surface area contributed by atoms with Crippen LogP contribution in [-0.2, 0) is 0 Å². The van der Waals surface area contributed by atoms with E-state index in [2.05, 4.69) is 4.98 Å². The molecule has 0 aliphatic carbocycles. The molecule has 4 aromatic rings. The summed E-state index contributed by atoms with van der Waals surface area (Å²) in [6.07, 6.45) is 3.30. The van der Waals surface area contributed by atoms with Crippen molar-refractivity contribution in [2.45, 2.75) is 0 Å². The Labute approximate surface area is 174 Å². The maximum absolute atomic E-state index is 13.2. The standard InChI is InChI=1S/C22H14N4O5/c27-22-19-3-1-2-4-20(19)23-21(14-7-15-5-8-17(9-6-15)25(28)29)24(22)16-10-12-18(13-11-16)26(30)31/h1-14H/b14-7-. The number of benzene rings is 3. The second-order valence-corrected chi connectivity index (χ2v) is 6.58. The highest BCUT2D eigenvalue weighted by Gasteiger charge is 2.13. The van der Waals surface area contributed by atoms with Crippen LogP contribution in [0.3, 0.4) is 0 Å². The van der Waals surface area contributed by atoms with Gasteiger partial charge in [0, 0.05) is 24.3 Å². The monoisotopic (exact) mass is 414 g/mol. The predicted molar refractivity (Wildman–Crippen MR) is 116 cm³/mol. The minimum Gasteiger partial charge on any atom is -0.268 e. The minimum absolute atomic E-state index is 0.0243. The molecule has 0 amide bonds. The summed E-state index contributed by atoms with van der Waals surface area (Å²) in [7, 11) is 0. The van der Waals surface area contributed by atoms with Crippen LogP contribution in [-0.4, -0.2) is 19.4 Å². The van der Waals surface area contributed by atoms with Crippen LogP contribution in [0.4, 0.5) is 11.4 Å². The number of rotatable bonds is 5. The van der Waals surface area contributed by atoms with Gasteiger partial charge in [-0.1, -0.05) is 18.2 Å². The van der Waals surface area contributed by atoms with Crippen molar-refractivity contribution in [3.05, 3.63) is 115 Å². The molecule has 0 saturated heterocycles. The van der Waals surface area contributed by atoms with E-state index in [0.29, 0.717) is 28.0 Å². The summed E-state index contributed by atoms with van der Waals surface area (Å²) in [6.45, 7) is 0. The van der Waals surface area contributed by atoms with Crippen molar-refractivity contribution in [2.75, 3.05) is 0 Å². The van der Waals surface area contributed by atoms with Crippen molar-refractivity contribution in [1.29, 1.82) is 0 Å². The van der Waals surface area contributed by atoms with Gasteiger partial charge in [-0.2, -0.15) is 0 Å². The van der Waals surface area contributed by atoms with E-state index in [0.717, 1.165) is 0 Å². The van der Waals surface area contributed by atoms with Crippen LogP contribution in [0, 0.1) is 20.2 Å². The van der Waals surface area contributed by atoms with Crippen LogP contribution < -0.4 is 5.56 Å². The predicted octanol–water partition coefficient (Wildman–Crippen LogP) is 4.37. The molecule has 9 nitrogen and oxygen atoms in total. The van der Waals surface area contributed by atoms with E-state index in [1.807, 2.05) is 0 Å². The maximum atomic E-state index is 13.2. The Kier molecular flexibility index (Phi) is 5.07. The summed E-state index contributed by atoms with van der Waals surface area (Å²) in [5, 5.41) is 22.2. The first kappa shape index (κ1) is 19.6. The van der Waals surface area contributed by atoms with Crippen molar-refractivity contribution >= 4 is 34.4 Å². The summed E-state index contributed by atoms with van der Waals surface area (Å²) in [6, 6.07) is 18.4. The fourth-order valence-corrected chi connectivity index (χ4v) is 3.11. The van der Waals surface area contributed by atoms with E-state index < -0.39 is 9.85 Å². The number of hydrogen-bond acceptors (Lipinski definition) is 6. The lowest BCUT2D eigenvalue weighted by Crippen LogP contribution is -2.22. The molecule has 0 aliphatic heterocycles. The molecule has 31 heavy (non-hydrogen) atoms. The lowest BCUT2D eigenvalue weighted by molar-refractivity contribution is -0.385. The van der Waals surface area contributed by atoms with Crippen molar-refractivity contribution in [3.63, 3.8) is 0 Å². The van der Waals surface area contributed by atoms with Crippen LogP contribution >= 0.6 is 0 Å². The molecule has 0 fully saturated rings.